The number of esters is 2. The Morgan fingerprint density at radius 1 is 1.18 bits per heavy atom. The first-order valence-corrected chi connectivity index (χ1v) is 7.55. The SMILES string of the molecule is CCCCOC(=O)CCCC(=O)Oc1ccc(Cl)cc1C=O. The van der Waals surface area contributed by atoms with E-state index in [1.165, 1.54) is 18.2 Å². The number of carbonyl (C=O) groups is 3. The molecule has 6 heteroatoms. The highest BCUT2D eigenvalue weighted by atomic mass is 35.5. The van der Waals surface area contributed by atoms with E-state index >= 15 is 0 Å². The number of rotatable bonds is 9. The number of halogens is 1. The first-order valence-electron chi connectivity index (χ1n) is 7.17. The number of unbranched alkanes of at least 4 members (excludes halogenated alkanes) is 1. The van der Waals surface area contributed by atoms with Crippen molar-refractivity contribution in [3.05, 3.63) is 28.8 Å². The van der Waals surface area contributed by atoms with Gasteiger partial charge in [0.2, 0.25) is 0 Å². The average molecular weight is 327 g/mol. The molecule has 0 atom stereocenters. The van der Waals surface area contributed by atoms with Crippen LogP contribution in [0.25, 0.3) is 0 Å². The maximum absolute atomic E-state index is 11.7. The molecule has 0 saturated carbocycles. The molecule has 5 nitrogen and oxygen atoms in total. The standard InChI is InChI=1S/C16H19ClO5/c1-2-3-9-21-15(19)5-4-6-16(20)22-14-8-7-13(17)10-12(14)11-18/h7-8,10-11H,2-6,9H2,1H3. The van der Waals surface area contributed by atoms with Crippen molar-refractivity contribution in [3.8, 4) is 5.75 Å². The van der Waals surface area contributed by atoms with E-state index in [9.17, 15) is 14.4 Å². The minimum absolute atomic E-state index is 0.0732. The van der Waals surface area contributed by atoms with Gasteiger partial charge in [-0.2, -0.15) is 0 Å². The van der Waals surface area contributed by atoms with Crippen molar-refractivity contribution >= 4 is 29.8 Å². The number of ether oxygens (including phenoxy) is 2. The molecule has 0 spiro atoms. The molecule has 1 aromatic carbocycles. The predicted octanol–water partition coefficient (Wildman–Crippen LogP) is 3.57. The summed E-state index contributed by atoms with van der Waals surface area (Å²) in [7, 11) is 0. The van der Waals surface area contributed by atoms with Crippen LogP contribution >= 0.6 is 11.6 Å². The zero-order chi connectivity index (χ0) is 16.4. The van der Waals surface area contributed by atoms with Gasteiger partial charge in [0.05, 0.1) is 12.2 Å². The molecule has 0 aliphatic carbocycles. The van der Waals surface area contributed by atoms with Gasteiger partial charge in [0, 0.05) is 17.9 Å². The summed E-state index contributed by atoms with van der Waals surface area (Å²) in [4.78, 5) is 33.9. The quantitative estimate of drug-likeness (QED) is 0.300. The molecule has 0 N–H and O–H groups in total. The van der Waals surface area contributed by atoms with E-state index in [-0.39, 0.29) is 30.1 Å². The van der Waals surface area contributed by atoms with Crippen molar-refractivity contribution in [2.75, 3.05) is 6.61 Å². The molecule has 0 unspecified atom stereocenters. The van der Waals surface area contributed by atoms with Crippen molar-refractivity contribution in [3.63, 3.8) is 0 Å². The number of benzene rings is 1. The second-order valence-corrected chi connectivity index (χ2v) is 5.14. The summed E-state index contributed by atoms with van der Waals surface area (Å²) in [5, 5.41) is 0.386. The fraction of sp³-hybridized carbons (Fsp3) is 0.438. The van der Waals surface area contributed by atoms with Crippen molar-refractivity contribution in [2.45, 2.75) is 39.0 Å². The van der Waals surface area contributed by atoms with Crippen molar-refractivity contribution in [2.24, 2.45) is 0 Å². The molecule has 120 valence electrons. The molecule has 0 radical (unpaired) electrons. The van der Waals surface area contributed by atoms with Gasteiger partial charge < -0.3 is 9.47 Å². The molecular formula is C16H19ClO5. The zero-order valence-corrected chi connectivity index (χ0v) is 13.2. The molecule has 0 heterocycles. The monoisotopic (exact) mass is 326 g/mol. The summed E-state index contributed by atoms with van der Waals surface area (Å²) < 4.78 is 10.1. The Morgan fingerprint density at radius 3 is 2.59 bits per heavy atom. The van der Waals surface area contributed by atoms with Gasteiger partial charge in [-0.25, -0.2) is 0 Å². The Kier molecular flexibility index (Phi) is 8.22. The Hall–Kier alpha value is -1.88. The minimum Gasteiger partial charge on any atom is -0.466 e. The highest BCUT2D eigenvalue weighted by Gasteiger charge is 2.11. The van der Waals surface area contributed by atoms with Gasteiger partial charge >= 0.3 is 11.9 Å². The number of aldehydes is 1. The molecule has 0 bridgehead atoms. The van der Waals surface area contributed by atoms with Crippen LogP contribution in [0.2, 0.25) is 5.02 Å². The topological polar surface area (TPSA) is 69.7 Å². The van der Waals surface area contributed by atoms with Crippen molar-refractivity contribution in [1.29, 1.82) is 0 Å². The number of hydrogen-bond donors (Lipinski definition) is 0. The van der Waals surface area contributed by atoms with E-state index in [0.29, 0.717) is 24.3 Å². The van der Waals surface area contributed by atoms with Crippen LogP contribution in [0.1, 0.15) is 49.4 Å². The average Bonchev–Trinajstić information content (AvgIpc) is 2.49. The Morgan fingerprint density at radius 2 is 1.91 bits per heavy atom. The lowest BCUT2D eigenvalue weighted by Crippen LogP contribution is -2.11. The third-order valence-corrected chi connectivity index (χ3v) is 3.08. The first-order chi connectivity index (χ1) is 10.6. The summed E-state index contributed by atoms with van der Waals surface area (Å²) >= 11 is 5.75. The van der Waals surface area contributed by atoms with E-state index in [0.717, 1.165) is 12.8 Å². The summed E-state index contributed by atoms with van der Waals surface area (Å²) in [6, 6.07) is 4.41. The lowest BCUT2D eigenvalue weighted by molar-refractivity contribution is -0.144. The van der Waals surface area contributed by atoms with Gasteiger partial charge in [-0.05, 0) is 31.0 Å². The molecule has 0 fully saturated rings. The predicted molar refractivity (Wildman–Crippen MR) is 82.2 cm³/mol. The Bertz CT molecular complexity index is 527. The van der Waals surface area contributed by atoms with E-state index in [2.05, 4.69) is 0 Å². The molecule has 0 aromatic heterocycles. The molecule has 0 aliphatic rings. The lowest BCUT2D eigenvalue weighted by atomic mass is 10.2. The molecule has 0 amide bonds. The van der Waals surface area contributed by atoms with Crippen LogP contribution < -0.4 is 4.74 Å². The van der Waals surface area contributed by atoms with Crippen LogP contribution in [0, 0.1) is 0 Å². The molecule has 0 aliphatic heterocycles. The lowest BCUT2D eigenvalue weighted by Gasteiger charge is -2.07. The maximum Gasteiger partial charge on any atom is 0.311 e. The van der Waals surface area contributed by atoms with Crippen LogP contribution in [-0.4, -0.2) is 24.8 Å². The van der Waals surface area contributed by atoms with Gasteiger partial charge in [0.25, 0.3) is 0 Å². The third-order valence-electron chi connectivity index (χ3n) is 2.85. The largest absolute Gasteiger partial charge is 0.466 e. The second-order valence-electron chi connectivity index (χ2n) is 4.70. The van der Waals surface area contributed by atoms with Gasteiger partial charge in [-0.3, -0.25) is 14.4 Å². The molecule has 1 aromatic rings. The van der Waals surface area contributed by atoms with Gasteiger partial charge in [-0.15, -0.1) is 0 Å². The first kappa shape index (κ1) is 18.2. The summed E-state index contributed by atoms with van der Waals surface area (Å²) in [5.74, 6) is -0.664. The van der Waals surface area contributed by atoms with Crippen LogP contribution in [0.4, 0.5) is 0 Å². The molecular weight excluding hydrogens is 308 g/mol. The fourth-order valence-corrected chi connectivity index (χ4v) is 1.84. The number of hydrogen-bond acceptors (Lipinski definition) is 5. The Balaban J connectivity index is 2.35. The van der Waals surface area contributed by atoms with Crippen LogP contribution in [0.3, 0.4) is 0 Å². The summed E-state index contributed by atoms with van der Waals surface area (Å²) in [6.07, 6.45) is 2.94. The van der Waals surface area contributed by atoms with Crippen LogP contribution in [0.15, 0.2) is 18.2 Å². The van der Waals surface area contributed by atoms with E-state index < -0.39 is 5.97 Å². The van der Waals surface area contributed by atoms with Gasteiger partial charge in [0.1, 0.15) is 5.75 Å². The minimum atomic E-state index is -0.508. The van der Waals surface area contributed by atoms with Crippen LogP contribution in [0.5, 0.6) is 5.75 Å². The highest BCUT2D eigenvalue weighted by molar-refractivity contribution is 6.30. The smallest absolute Gasteiger partial charge is 0.311 e. The van der Waals surface area contributed by atoms with Gasteiger partial charge in [0.15, 0.2) is 6.29 Å². The molecule has 22 heavy (non-hydrogen) atoms. The fourth-order valence-electron chi connectivity index (χ4n) is 1.66. The second kappa shape index (κ2) is 9.95. The van der Waals surface area contributed by atoms with E-state index in [4.69, 9.17) is 21.1 Å². The van der Waals surface area contributed by atoms with Crippen LogP contribution in [-0.2, 0) is 14.3 Å². The third kappa shape index (κ3) is 6.72. The normalized spacial score (nSPS) is 10.1. The maximum atomic E-state index is 11.7. The Labute approximate surface area is 134 Å². The summed E-state index contributed by atoms with van der Waals surface area (Å²) in [6.45, 7) is 2.42. The van der Waals surface area contributed by atoms with Gasteiger partial charge in [-0.1, -0.05) is 24.9 Å². The van der Waals surface area contributed by atoms with E-state index in [1.54, 1.807) is 0 Å². The van der Waals surface area contributed by atoms with Crippen molar-refractivity contribution in [1.82, 2.24) is 0 Å². The highest BCUT2D eigenvalue weighted by Crippen LogP contribution is 2.21. The molecule has 0 saturated heterocycles. The van der Waals surface area contributed by atoms with Crippen molar-refractivity contribution < 1.29 is 23.9 Å². The molecule has 1 rings (SSSR count). The summed E-state index contributed by atoms with van der Waals surface area (Å²) in [5.41, 5.74) is 0.208. The zero-order valence-electron chi connectivity index (χ0n) is 12.5. The number of carbonyl (C=O) groups excluding carboxylic acids is 3. The van der Waals surface area contributed by atoms with E-state index in [1.807, 2.05) is 6.92 Å².